The zero-order chi connectivity index (χ0) is 20.2. The van der Waals surface area contributed by atoms with Gasteiger partial charge in [-0.05, 0) is 35.7 Å². The van der Waals surface area contributed by atoms with Crippen molar-refractivity contribution in [1.82, 2.24) is 4.98 Å². The number of hydrogen-bond donors (Lipinski definition) is 3. The Morgan fingerprint density at radius 2 is 1.74 bits per heavy atom. The molecule has 146 valence electrons. The van der Waals surface area contributed by atoms with E-state index in [0.717, 1.165) is 24.3 Å². The van der Waals surface area contributed by atoms with Crippen molar-refractivity contribution in [3.05, 3.63) is 59.3 Å². The van der Waals surface area contributed by atoms with E-state index in [2.05, 4.69) is 4.98 Å². The van der Waals surface area contributed by atoms with Crippen molar-refractivity contribution in [3.63, 3.8) is 0 Å². The van der Waals surface area contributed by atoms with Crippen molar-refractivity contribution in [2.75, 3.05) is 11.9 Å². The number of nitrogens with two attached hydrogens (primary N) is 1. The topological polar surface area (TPSA) is 114 Å². The second-order valence-electron chi connectivity index (χ2n) is 6.21. The van der Waals surface area contributed by atoms with Crippen molar-refractivity contribution < 1.29 is 32.5 Å². The molecule has 6 nitrogen and oxygen atoms in total. The SMILES string of the molecule is Nc1ccc(CC(CP(=O)(O)Cc2ccc(C(F)(F)F)cc2)C(=O)O)cn1. The molecule has 4 N–H and O–H groups in total. The first-order valence-electron chi connectivity index (χ1n) is 7.86. The van der Waals surface area contributed by atoms with E-state index in [0.29, 0.717) is 5.56 Å². The van der Waals surface area contributed by atoms with E-state index in [9.17, 15) is 32.5 Å². The monoisotopic (exact) mass is 402 g/mol. The van der Waals surface area contributed by atoms with Crippen LogP contribution in [0.4, 0.5) is 19.0 Å². The third-order valence-corrected chi connectivity index (χ3v) is 5.77. The summed E-state index contributed by atoms with van der Waals surface area (Å²) in [7, 11) is -3.93. The minimum Gasteiger partial charge on any atom is -0.481 e. The highest BCUT2D eigenvalue weighted by atomic mass is 31.2. The molecule has 0 radical (unpaired) electrons. The minimum atomic E-state index is -4.50. The number of pyridine rings is 1. The number of alkyl halides is 3. The molecule has 0 aliphatic carbocycles. The van der Waals surface area contributed by atoms with Gasteiger partial charge in [0.05, 0.1) is 11.5 Å². The highest BCUT2D eigenvalue weighted by molar-refractivity contribution is 7.57. The van der Waals surface area contributed by atoms with E-state index < -0.39 is 43.3 Å². The summed E-state index contributed by atoms with van der Waals surface area (Å²) in [5, 5.41) is 9.34. The molecular formula is C17H18F3N2O4P. The number of aromatic nitrogens is 1. The molecule has 1 heterocycles. The summed E-state index contributed by atoms with van der Waals surface area (Å²) in [5.74, 6) is -2.12. The van der Waals surface area contributed by atoms with Crippen LogP contribution in [0.15, 0.2) is 42.6 Å². The summed E-state index contributed by atoms with van der Waals surface area (Å²) in [6.07, 6.45) is -4.03. The van der Waals surface area contributed by atoms with E-state index in [1.807, 2.05) is 0 Å². The van der Waals surface area contributed by atoms with Gasteiger partial charge in [-0.25, -0.2) is 4.98 Å². The van der Waals surface area contributed by atoms with Gasteiger partial charge < -0.3 is 15.7 Å². The molecule has 0 aliphatic rings. The number of anilines is 1. The van der Waals surface area contributed by atoms with Crippen molar-refractivity contribution in [2.45, 2.75) is 18.8 Å². The molecule has 0 aliphatic heterocycles. The van der Waals surface area contributed by atoms with Crippen LogP contribution in [0, 0.1) is 5.92 Å². The average molecular weight is 402 g/mol. The molecule has 2 aromatic rings. The molecule has 1 aromatic carbocycles. The Bertz CT molecular complexity index is 839. The third kappa shape index (κ3) is 6.37. The highest BCUT2D eigenvalue weighted by Gasteiger charge is 2.32. The molecule has 2 rings (SSSR count). The fraction of sp³-hybridized carbons (Fsp3) is 0.294. The zero-order valence-corrected chi connectivity index (χ0v) is 15.0. The summed E-state index contributed by atoms with van der Waals surface area (Å²) >= 11 is 0. The van der Waals surface area contributed by atoms with Crippen LogP contribution in [0.25, 0.3) is 0 Å². The van der Waals surface area contributed by atoms with Gasteiger partial charge in [-0.15, -0.1) is 0 Å². The van der Waals surface area contributed by atoms with Crippen LogP contribution in [0.3, 0.4) is 0 Å². The first kappa shape index (κ1) is 20.9. The Morgan fingerprint density at radius 3 is 2.22 bits per heavy atom. The van der Waals surface area contributed by atoms with Crippen LogP contribution in [0.2, 0.25) is 0 Å². The number of carboxylic acids is 1. The number of nitrogen functional groups attached to an aromatic ring is 1. The first-order chi connectivity index (χ1) is 12.5. The molecule has 0 saturated heterocycles. The van der Waals surface area contributed by atoms with Crippen LogP contribution in [0.1, 0.15) is 16.7 Å². The Hall–Kier alpha value is -2.38. The number of carboxylic acid groups (broad SMARTS) is 1. The number of benzene rings is 1. The van der Waals surface area contributed by atoms with E-state index in [1.165, 1.54) is 12.3 Å². The third-order valence-electron chi connectivity index (χ3n) is 3.90. The lowest BCUT2D eigenvalue weighted by Crippen LogP contribution is -2.21. The van der Waals surface area contributed by atoms with E-state index in [4.69, 9.17) is 5.73 Å². The molecule has 0 amide bonds. The highest BCUT2D eigenvalue weighted by Crippen LogP contribution is 2.47. The van der Waals surface area contributed by atoms with Gasteiger partial charge in [0.1, 0.15) is 5.82 Å². The lowest BCUT2D eigenvalue weighted by Gasteiger charge is -2.18. The molecular weight excluding hydrogens is 384 g/mol. The maximum absolute atomic E-state index is 12.6. The van der Waals surface area contributed by atoms with Gasteiger partial charge in [-0.3, -0.25) is 9.36 Å². The quantitative estimate of drug-likeness (QED) is 0.612. The smallest absolute Gasteiger partial charge is 0.416 e. The van der Waals surface area contributed by atoms with E-state index in [1.54, 1.807) is 6.07 Å². The summed E-state index contributed by atoms with van der Waals surface area (Å²) in [5.41, 5.74) is 5.37. The van der Waals surface area contributed by atoms with Gasteiger partial charge >= 0.3 is 12.1 Å². The van der Waals surface area contributed by atoms with Gasteiger partial charge in [-0.1, -0.05) is 18.2 Å². The van der Waals surface area contributed by atoms with Gasteiger partial charge in [0.15, 0.2) is 0 Å². The minimum absolute atomic E-state index is 0.0137. The molecule has 10 heteroatoms. The Balaban J connectivity index is 2.08. The fourth-order valence-corrected chi connectivity index (χ4v) is 4.45. The van der Waals surface area contributed by atoms with Crippen molar-refractivity contribution >= 4 is 19.2 Å². The van der Waals surface area contributed by atoms with Crippen LogP contribution >= 0.6 is 7.37 Å². The average Bonchev–Trinajstić information content (AvgIpc) is 2.55. The number of nitrogens with zero attached hydrogens (tertiary/aromatic N) is 1. The second-order valence-corrected chi connectivity index (χ2v) is 8.59. The van der Waals surface area contributed by atoms with Gasteiger partial charge in [0.25, 0.3) is 0 Å². The van der Waals surface area contributed by atoms with Gasteiger partial charge in [-0.2, -0.15) is 13.2 Å². The molecule has 0 bridgehead atoms. The second kappa shape index (κ2) is 8.10. The van der Waals surface area contributed by atoms with Crippen LogP contribution in [-0.2, 0) is 28.1 Å². The summed E-state index contributed by atoms with van der Waals surface area (Å²) < 4.78 is 50.2. The van der Waals surface area contributed by atoms with Gasteiger partial charge in [0.2, 0.25) is 7.37 Å². The van der Waals surface area contributed by atoms with Crippen LogP contribution in [-0.4, -0.2) is 27.1 Å². The molecule has 2 atom stereocenters. The molecule has 27 heavy (non-hydrogen) atoms. The largest absolute Gasteiger partial charge is 0.481 e. The lowest BCUT2D eigenvalue weighted by atomic mass is 10.0. The van der Waals surface area contributed by atoms with E-state index >= 15 is 0 Å². The summed E-state index contributed by atoms with van der Waals surface area (Å²) in [4.78, 5) is 25.5. The Morgan fingerprint density at radius 1 is 1.15 bits per heavy atom. The molecule has 0 spiro atoms. The first-order valence-corrected chi connectivity index (χ1v) is 9.89. The van der Waals surface area contributed by atoms with Crippen LogP contribution < -0.4 is 5.73 Å². The fourth-order valence-electron chi connectivity index (χ4n) is 2.56. The predicted octanol–water partition coefficient (Wildman–Crippen LogP) is 3.40. The molecule has 0 saturated carbocycles. The Kier molecular flexibility index (Phi) is 6.28. The van der Waals surface area contributed by atoms with Crippen molar-refractivity contribution in [1.29, 1.82) is 0 Å². The molecule has 1 aromatic heterocycles. The maximum Gasteiger partial charge on any atom is 0.416 e. The zero-order valence-electron chi connectivity index (χ0n) is 14.1. The number of aliphatic carboxylic acids is 1. The number of carbonyl (C=O) groups is 1. The number of rotatable bonds is 7. The summed E-state index contributed by atoms with van der Waals surface area (Å²) in [6.45, 7) is 0. The lowest BCUT2D eigenvalue weighted by molar-refractivity contribution is -0.141. The van der Waals surface area contributed by atoms with Crippen molar-refractivity contribution in [2.24, 2.45) is 5.92 Å². The Labute approximate surface area is 153 Å². The van der Waals surface area contributed by atoms with Crippen molar-refractivity contribution in [3.8, 4) is 0 Å². The number of halogens is 3. The predicted molar refractivity (Wildman–Crippen MR) is 93.3 cm³/mol. The van der Waals surface area contributed by atoms with Crippen LogP contribution in [0.5, 0.6) is 0 Å². The van der Waals surface area contributed by atoms with E-state index in [-0.39, 0.29) is 17.8 Å². The summed E-state index contributed by atoms with van der Waals surface area (Å²) in [6, 6.07) is 6.95. The molecule has 2 unspecified atom stereocenters. The standard InChI is InChI=1S/C17H18F3N2O4P/c18-17(19,20)14-4-1-11(2-5-14)9-27(25,26)10-13(16(23)24)7-12-3-6-15(21)22-8-12/h1-6,8,13H,7,9-10H2,(H2,21,22)(H,23,24)(H,25,26). The van der Waals surface area contributed by atoms with Gasteiger partial charge in [0, 0.05) is 18.5 Å². The number of hydrogen-bond acceptors (Lipinski definition) is 4. The molecule has 0 fully saturated rings. The normalized spacial score (nSPS) is 15.1. The maximum atomic E-state index is 12.6.